The summed E-state index contributed by atoms with van der Waals surface area (Å²) in [6.45, 7) is 2.94. The second-order valence-electron chi connectivity index (χ2n) is 6.12. The number of rotatable bonds is 6. The van der Waals surface area contributed by atoms with Crippen LogP contribution in [0.25, 0.3) is 0 Å². The van der Waals surface area contributed by atoms with Gasteiger partial charge >= 0.3 is 6.03 Å². The molecule has 1 fully saturated rings. The fourth-order valence-corrected chi connectivity index (χ4v) is 2.98. The van der Waals surface area contributed by atoms with Crippen molar-refractivity contribution in [3.8, 4) is 5.75 Å². The number of furan rings is 1. The highest BCUT2D eigenvalue weighted by Crippen LogP contribution is 2.22. The normalized spacial score (nSPS) is 14.1. The van der Waals surface area contributed by atoms with Crippen LogP contribution in [0.4, 0.5) is 4.79 Å². The van der Waals surface area contributed by atoms with Crippen molar-refractivity contribution >= 4 is 23.5 Å². The van der Waals surface area contributed by atoms with Crippen molar-refractivity contribution in [2.24, 2.45) is 0 Å². The Morgan fingerprint density at radius 2 is 1.81 bits per heavy atom. The standard InChI is InChI=1S/C19H22ClN3O4/c20-15-5-1-2-6-16(15)26-14-4-8-21-19(25)23-11-9-22(10-12-23)18(24)17-7-3-13-27-17/h1-3,5-7,13H,4,8-12,14H2,(H,21,25). The molecule has 1 N–H and O–H groups in total. The molecule has 2 aromatic rings. The van der Waals surface area contributed by atoms with Gasteiger partial charge in [0, 0.05) is 32.7 Å². The minimum Gasteiger partial charge on any atom is -0.492 e. The number of amides is 3. The maximum absolute atomic E-state index is 12.2. The summed E-state index contributed by atoms with van der Waals surface area (Å²) in [5, 5.41) is 3.45. The van der Waals surface area contributed by atoms with Gasteiger partial charge in [-0.3, -0.25) is 4.79 Å². The first kappa shape index (κ1) is 19.1. The number of benzene rings is 1. The SMILES string of the molecule is O=C(NCCCOc1ccccc1Cl)N1CCN(C(=O)c2ccco2)CC1. The van der Waals surface area contributed by atoms with Crippen molar-refractivity contribution in [1.82, 2.24) is 15.1 Å². The molecule has 8 heteroatoms. The fraction of sp³-hybridized carbons (Fsp3) is 0.368. The van der Waals surface area contributed by atoms with Gasteiger partial charge in [-0.25, -0.2) is 4.79 Å². The van der Waals surface area contributed by atoms with Gasteiger partial charge in [0.25, 0.3) is 5.91 Å². The first-order valence-corrected chi connectivity index (χ1v) is 9.26. The van der Waals surface area contributed by atoms with Gasteiger partial charge < -0.3 is 24.3 Å². The van der Waals surface area contributed by atoms with Gasteiger partial charge in [0.05, 0.1) is 17.9 Å². The lowest BCUT2D eigenvalue weighted by Gasteiger charge is -2.34. The van der Waals surface area contributed by atoms with E-state index in [1.165, 1.54) is 6.26 Å². The van der Waals surface area contributed by atoms with E-state index in [1.807, 2.05) is 18.2 Å². The molecular weight excluding hydrogens is 370 g/mol. The molecule has 0 unspecified atom stereocenters. The van der Waals surface area contributed by atoms with E-state index in [1.54, 1.807) is 28.0 Å². The molecule has 27 heavy (non-hydrogen) atoms. The third-order valence-corrected chi connectivity index (χ3v) is 4.59. The highest BCUT2D eigenvalue weighted by molar-refractivity contribution is 6.32. The quantitative estimate of drug-likeness (QED) is 0.768. The third-order valence-electron chi connectivity index (χ3n) is 4.28. The number of ether oxygens (including phenoxy) is 1. The van der Waals surface area contributed by atoms with Gasteiger partial charge in [-0.15, -0.1) is 0 Å². The fourth-order valence-electron chi connectivity index (χ4n) is 2.79. The molecule has 0 bridgehead atoms. The van der Waals surface area contributed by atoms with E-state index in [4.69, 9.17) is 20.8 Å². The number of hydrogen-bond donors (Lipinski definition) is 1. The summed E-state index contributed by atoms with van der Waals surface area (Å²) >= 11 is 6.02. The second-order valence-corrected chi connectivity index (χ2v) is 6.53. The molecular formula is C19H22ClN3O4. The van der Waals surface area contributed by atoms with Crippen molar-refractivity contribution in [3.63, 3.8) is 0 Å². The highest BCUT2D eigenvalue weighted by atomic mass is 35.5. The molecule has 1 aliphatic rings. The molecule has 0 radical (unpaired) electrons. The lowest BCUT2D eigenvalue weighted by Crippen LogP contribution is -2.53. The van der Waals surface area contributed by atoms with Crippen molar-refractivity contribution < 1.29 is 18.7 Å². The summed E-state index contributed by atoms with van der Waals surface area (Å²) in [4.78, 5) is 27.8. The predicted octanol–water partition coefficient (Wildman–Crippen LogP) is 2.87. The summed E-state index contributed by atoms with van der Waals surface area (Å²) in [6.07, 6.45) is 2.15. The summed E-state index contributed by atoms with van der Waals surface area (Å²) in [6, 6.07) is 10.5. The average molecular weight is 392 g/mol. The Morgan fingerprint density at radius 3 is 2.52 bits per heavy atom. The van der Waals surface area contributed by atoms with Crippen LogP contribution in [-0.2, 0) is 0 Å². The Balaban J connectivity index is 1.33. The molecule has 144 valence electrons. The van der Waals surface area contributed by atoms with Gasteiger partial charge in [-0.2, -0.15) is 0 Å². The minimum atomic E-state index is -0.142. The molecule has 2 heterocycles. The van der Waals surface area contributed by atoms with Crippen molar-refractivity contribution in [3.05, 3.63) is 53.4 Å². The van der Waals surface area contributed by atoms with E-state index < -0.39 is 0 Å². The summed E-state index contributed by atoms with van der Waals surface area (Å²) in [5.74, 6) is 0.825. The number of nitrogens with one attached hydrogen (secondary N) is 1. The molecule has 0 saturated carbocycles. The summed E-state index contributed by atoms with van der Waals surface area (Å²) < 4.78 is 10.7. The van der Waals surface area contributed by atoms with Crippen LogP contribution in [0.2, 0.25) is 5.02 Å². The van der Waals surface area contributed by atoms with E-state index in [2.05, 4.69) is 5.32 Å². The zero-order valence-corrected chi connectivity index (χ0v) is 15.7. The molecule has 1 aromatic heterocycles. The van der Waals surface area contributed by atoms with Gasteiger partial charge in [0.2, 0.25) is 0 Å². The van der Waals surface area contributed by atoms with Crippen LogP contribution in [0.5, 0.6) is 5.75 Å². The molecule has 0 spiro atoms. The van der Waals surface area contributed by atoms with E-state index >= 15 is 0 Å². The number of nitrogens with zero attached hydrogens (tertiary/aromatic N) is 2. The van der Waals surface area contributed by atoms with Gasteiger partial charge in [-0.05, 0) is 30.7 Å². The predicted molar refractivity (Wildman–Crippen MR) is 101 cm³/mol. The lowest BCUT2D eigenvalue weighted by atomic mass is 10.3. The number of piperazine rings is 1. The van der Waals surface area contributed by atoms with Gasteiger partial charge in [0.1, 0.15) is 5.75 Å². The second kappa shape index (κ2) is 9.32. The maximum atomic E-state index is 12.2. The molecule has 1 aromatic carbocycles. The Morgan fingerprint density at radius 1 is 1.07 bits per heavy atom. The molecule has 1 saturated heterocycles. The smallest absolute Gasteiger partial charge is 0.317 e. The third kappa shape index (κ3) is 5.17. The molecule has 3 rings (SSSR count). The van der Waals surface area contributed by atoms with E-state index in [-0.39, 0.29) is 11.9 Å². The van der Waals surface area contributed by atoms with Crippen LogP contribution in [0.3, 0.4) is 0 Å². The van der Waals surface area contributed by atoms with Crippen LogP contribution in [0, 0.1) is 0 Å². The van der Waals surface area contributed by atoms with Crippen LogP contribution in [-0.4, -0.2) is 61.1 Å². The summed E-state index contributed by atoms with van der Waals surface area (Å²) in [7, 11) is 0. The molecule has 0 atom stereocenters. The molecule has 0 aliphatic carbocycles. The number of urea groups is 1. The average Bonchev–Trinajstić information content (AvgIpc) is 3.23. The number of hydrogen-bond acceptors (Lipinski definition) is 4. The van der Waals surface area contributed by atoms with Gasteiger partial charge in [0.15, 0.2) is 5.76 Å². The van der Waals surface area contributed by atoms with E-state index in [9.17, 15) is 9.59 Å². The monoisotopic (exact) mass is 391 g/mol. The number of carbonyl (C=O) groups is 2. The van der Waals surface area contributed by atoms with Crippen molar-refractivity contribution in [2.75, 3.05) is 39.3 Å². The van der Waals surface area contributed by atoms with Crippen LogP contribution in [0.1, 0.15) is 17.0 Å². The van der Waals surface area contributed by atoms with E-state index in [0.717, 1.165) is 0 Å². The van der Waals surface area contributed by atoms with Crippen molar-refractivity contribution in [1.29, 1.82) is 0 Å². The molecule has 1 aliphatic heterocycles. The van der Waals surface area contributed by atoms with Crippen LogP contribution < -0.4 is 10.1 Å². The lowest BCUT2D eigenvalue weighted by molar-refractivity contribution is 0.0634. The minimum absolute atomic E-state index is 0.127. The number of para-hydroxylation sites is 1. The summed E-state index contributed by atoms with van der Waals surface area (Å²) in [5.41, 5.74) is 0. The number of halogens is 1. The Labute approximate surface area is 162 Å². The van der Waals surface area contributed by atoms with E-state index in [0.29, 0.717) is 62.3 Å². The van der Waals surface area contributed by atoms with Crippen LogP contribution >= 0.6 is 11.6 Å². The van der Waals surface area contributed by atoms with Crippen molar-refractivity contribution in [2.45, 2.75) is 6.42 Å². The topological polar surface area (TPSA) is 75.0 Å². The Hall–Kier alpha value is -2.67. The molecule has 3 amide bonds. The Kier molecular flexibility index (Phi) is 6.59. The zero-order chi connectivity index (χ0) is 19.1. The Bertz CT molecular complexity index is 758. The first-order chi connectivity index (χ1) is 13.1. The largest absolute Gasteiger partial charge is 0.492 e. The molecule has 7 nitrogen and oxygen atoms in total. The first-order valence-electron chi connectivity index (χ1n) is 8.88. The van der Waals surface area contributed by atoms with Gasteiger partial charge in [-0.1, -0.05) is 23.7 Å². The maximum Gasteiger partial charge on any atom is 0.317 e. The number of carbonyl (C=O) groups excluding carboxylic acids is 2. The van der Waals surface area contributed by atoms with Crippen LogP contribution in [0.15, 0.2) is 47.1 Å². The highest BCUT2D eigenvalue weighted by Gasteiger charge is 2.25. The zero-order valence-electron chi connectivity index (χ0n) is 14.9.